The first kappa shape index (κ1) is 14.6. The Morgan fingerprint density at radius 2 is 2.00 bits per heavy atom. The second kappa shape index (κ2) is 6.61. The minimum Gasteiger partial charge on any atom is -0.380 e. The molecule has 1 aliphatic carbocycles. The van der Waals surface area contributed by atoms with Gasteiger partial charge >= 0.3 is 0 Å². The van der Waals surface area contributed by atoms with Crippen LogP contribution in [0.4, 0.5) is 0 Å². The Kier molecular flexibility index (Phi) is 4.59. The zero-order valence-electron chi connectivity index (χ0n) is 12.9. The first-order valence-electron chi connectivity index (χ1n) is 8.22. The average molecular weight is 287 g/mol. The van der Waals surface area contributed by atoms with Gasteiger partial charge in [0.05, 0.1) is 12.6 Å². The Morgan fingerprint density at radius 3 is 2.67 bits per heavy atom. The maximum Gasteiger partial charge on any atom is 0.223 e. The number of hydrogen-bond acceptors (Lipinski definition) is 2. The molecule has 0 radical (unpaired) electrons. The van der Waals surface area contributed by atoms with E-state index in [1.807, 2.05) is 6.92 Å². The third-order valence-corrected chi connectivity index (χ3v) is 4.81. The average Bonchev–Trinajstić information content (AvgIpc) is 3.10. The van der Waals surface area contributed by atoms with Gasteiger partial charge in [0.1, 0.15) is 0 Å². The first-order valence-corrected chi connectivity index (χ1v) is 8.22. The molecule has 0 spiro atoms. The fraction of sp³-hybridized carbons (Fsp3) is 0.611. The molecule has 0 aromatic heterocycles. The standard InChI is InChI=1S/C18H25NO2/c1-2-21-13-17-8-5-9-19(17)18(20)12-14-10-15-6-3-4-7-16(15)11-14/h3-4,6-7,14,17H,2,5,8-13H2,1H3/t17-/m1/s1. The lowest BCUT2D eigenvalue weighted by molar-refractivity contribution is -0.134. The molecule has 114 valence electrons. The Balaban J connectivity index is 1.55. The molecule has 3 heteroatoms. The quantitative estimate of drug-likeness (QED) is 0.833. The van der Waals surface area contributed by atoms with E-state index in [9.17, 15) is 4.79 Å². The van der Waals surface area contributed by atoms with Crippen LogP contribution in [0, 0.1) is 5.92 Å². The smallest absolute Gasteiger partial charge is 0.223 e. The van der Waals surface area contributed by atoms with Crippen molar-refractivity contribution >= 4 is 5.91 Å². The fourth-order valence-electron chi connectivity index (χ4n) is 3.75. The van der Waals surface area contributed by atoms with Crippen LogP contribution in [0.1, 0.15) is 37.3 Å². The van der Waals surface area contributed by atoms with Gasteiger partial charge in [0.15, 0.2) is 0 Å². The summed E-state index contributed by atoms with van der Waals surface area (Å²) in [4.78, 5) is 14.7. The Labute approximate surface area is 127 Å². The highest BCUT2D eigenvalue weighted by Gasteiger charge is 2.31. The molecule has 1 atom stereocenters. The van der Waals surface area contributed by atoms with E-state index in [0.717, 1.165) is 38.8 Å². The summed E-state index contributed by atoms with van der Waals surface area (Å²) in [5.74, 6) is 0.818. The van der Waals surface area contributed by atoms with Gasteiger partial charge in [-0.15, -0.1) is 0 Å². The van der Waals surface area contributed by atoms with Crippen LogP contribution in [0.3, 0.4) is 0 Å². The highest BCUT2D eigenvalue weighted by molar-refractivity contribution is 5.77. The van der Waals surface area contributed by atoms with Gasteiger partial charge < -0.3 is 9.64 Å². The van der Waals surface area contributed by atoms with Gasteiger partial charge in [-0.25, -0.2) is 0 Å². The summed E-state index contributed by atoms with van der Waals surface area (Å²) in [6.45, 7) is 4.36. The van der Waals surface area contributed by atoms with Crippen LogP contribution in [0.15, 0.2) is 24.3 Å². The zero-order valence-corrected chi connectivity index (χ0v) is 12.9. The minimum absolute atomic E-state index is 0.307. The monoisotopic (exact) mass is 287 g/mol. The maximum absolute atomic E-state index is 12.6. The van der Waals surface area contributed by atoms with E-state index in [1.165, 1.54) is 11.1 Å². The van der Waals surface area contributed by atoms with Gasteiger partial charge in [0.2, 0.25) is 5.91 Å². The van der Waals surface area contributed by atoms with E-state index in [0.29, 0.717) is 30.9 Å². The molecule has 1 aliphatic heterocycles. The second-order valence-electron chi connectivity index (χ2n) is 6.29. The summed E-state index contributed by atoms with van der Waals surface area (Å²) in [5.41, 5.74) is 2.87. The number of carbonyl (C=O) groups is 1. The molecule has 3 nitrogen and oxygen atoms in total. The third kappa shape index (κ3) is 3.29. The molecule has 0 unspecified atom stereocenters. The number of likely N-dealkylation sites (tertiary alicyclic amines) is 1. The summed E-state index contributed by atoms with van der Waals surface area (Å²) in [5, 5.41) is 0. The van der Waals surface area contributed by atoms with Crippen molar-refractivity contribution in [2.75, 3.05) is 19.8 Å². The maximum atomic E-state index is 12.6. The molecule has 1 aromatic rings. The van der Waals surface area contributed by atoms with Crippen LogP contribution in [0.2, 0.25) is 0 Å². The summed E-state index contributed by atoms with van der Waals surface area (Å²) < 4.78 is 5.52. The number of ether oxygens (including phenoxy) is 1. The van der Waals surface area contributed by atoms with E-state index in [2.05, 4.69) is 29.2 Å². The molecule has 2 aliphatic rings. The van der Waals surface area contributed by atoms with Crippen LogP contribution in [0.25, 0.3) is 0 Å². The van der Waals surface area contributed by atoms with Gasteiger partial charge in [0.25, 0.3) is 0 Å². The van der Waals surface area contributed by atoms with Gasteiger partial charge in [-0.2, -0.15) is 0 Å². The van der Waals surface area contributed by atoms with Crippen molar-refractivity contribution in [2.45, 2.75) is 45.1 Å². The number of rotatable bonds is 5. The van der Waals surface area contributed by atoms with Crippen molar-refractivity contribution in [1.29, 1.82) is 0 Å². The van der Waals surface area contributed by atoms with Crippen molar-refractivity contribution in [2.24, 2.45) is 5.92 Å². The van der Waals surface area contributed by atoms with E-state index in [1.54, 1.807) is 0 Å². The van der Waals surface area contributed by atoms with Crippen molar-refractivity contribution < 1.29 is 9.53 Å². The summed E-state index contributed by atoms with van der Waals surface area (Å²) in [7, 11) is 0. The Hall–Kier alpha value is -1.35. The second-order valence-corrected chi connectivity index (χ2v) is 6.29. The number of amides is 1. The van der Waals surface area contributed by atoms with E-state index >= 15 is 0 Å². The van der Waals surface area contributed by atoms with Crippen LogP contribution >= 0.6 is 0 Å². The molecule has 0 N–H and O–H groups in total. The fourth-order valence-corrected chi connectivity index (χ4v) is 3.75. The molecule has 21 heavy (non-hydrogen) atoms. The highest BCUT2D eigenvalue weighted by atomic mass is 16.5. The lowest BCUT2D eigenvalue weighted by atomic mass is 10.0. The van der Waals surface area contributed by atoms with Crippen LogP contribution in [0.5, 0.6) is 0 Å². The van der Waals surface area contributed by atoms with Crippen molar-refractivity contribution in [3.63, 3.8) is 0 Å². The molecular formula is C18H25NO2. The SMILES string of the molecule is CCOC[C@H]1CCCN1C(=O)CC1Cc2ccccc2C1. The lowest BCUT2D eigenvalue weighted by Gasteiger charge is -2.25. The molecule has 1 fully saturated rings. The number of carbonyl (C=O) groups excluding carboxylic acids is 1. The molecule has 1 aromatic carbocycles. The van der Waals surface area contributed by atoms with E-state index < -0.39 is 0 Å². The van der Waals surface area contributed by atoms with Crippen molar-refractivity contribution in [3.05, 3.63) is 35.4 Å². The van der Waals surface area contributed by atoms with Gasteiger partial charge in [-0.05, 0) is 49.7 Å². The number of nitrogens with zero attached hydrogens (tertiary/aromatic N) is 1. The molecule has 0 bridgehead atoms. The summed E-state index contributed by atoms with van der Waals surface area (Å²) in [6.07, 6.45) is 5.03. The lowest BCUT2D eigenvalue weighted by Crippen LogP contribution is -2.39. The normalized spacial score (nSPS) is 21.8. The summed E-state index contributed by atoms with van der Waals surface area (Å²) in [6, 6.07) is 8.91. The number of fused-ring (bicyclic) bond motifs is 1. The molecular weight excluding hydrogens is 262 g/mol. The van der Waals surface area contributed by atoms with E-state index in [-0.39, 0.29) is 0 Å². The van der Waals surface area contributed by atoms with Crippen LogP contribution in [-0.4, -0.2) is 36.6 Å². The summed E-state index contributed by atoms with van der Waals surface area (Å²) >= 11 is 0. The molecule has 1 heterocycles. The largest absolute Gasteiger partial charge is 0.380 e. The molecule has 3 rings (SSSR count). The van der Waals surface area contributed by atoms with Crippen LogP contribution in [-0.2, 0) is 22.4 Å². The Bertz CT molecular complexity index is 475. The number of hydrogen-bond donors (Lipinski definition) is 0. The van der Waals surface area contributed by atoms with Crippen molar-refractivity contribution in [1.82, 2.24) is 4.90 Å². The number of benzene rings is 1. The Morgan fingerprint density at radius 1 is 1.29 bits per heavy atom. The van der Waals surface area contributed by atoms with E-state index in [4.69, 9.17) is 4.74 Å². The van der Waals surface area contributed by atoms with Gasteiger partial charge in [-0.3, -0.25) is 4.79 Å². The predicted molar refractivity (Wildman–Crippen MR) is 83.2 cm³/mol. The highest BCUT2D eigenvalue weighted by Crippen LogP contribution is 2.30. The molecule has 1 amide bonds. The predicted octanol–water partition coefficient (Wildman–Crippen LogP) is 2.82. The van der Waals surface area contributed by atoms with Gasteiger partial charge in [-0.1, -0.05) is 24.3 Å². The van der Waals surface area contributed by atoms with Crippen molar-refractivity contribution in [3.8, 4) is 0 Å². The first-order chi connectivity index (χ1) is 10.3. The third-order valence-electron chi connectivity index (χ3n) is 4.81. The zero-order chi connectivity index (χ0) is 14.7. The molecule has 0 saturated carbocycles. The topological polar surface area (TPSA) is 29.5 Å². The minimum atomic E-state index is 0.307. The molecule has 1 saturated heterocycles. The van der Waals surface area contributed by atoms with Gasteiger partial charge in [0, 0.05) is 19.6 Å². The van der Waals surface area contributed by atoms with Crippen LogP contribution < -0.4 is 0 Å².